The summed E-state index contributed by atoms with van der Waals surface area (Å²) in [5.74, 6) is -0.0812. The minimum absolute atomic E-state index is 0.0144. The molecule has 1 heterocycles. The van der Waals surface area contributed by atoms with Crippen molar-refractivity contribution in [2.45, 2.75) is 4.90 Å². The summed E-state index contributed by atoms with van der Waals surface area (Å²) >= 11 is 5.82. The second-order valence-electron chi connectivity index (χ2n) is 3.80. The zero-order valence-electron chi connectivity index (χ0n) is 10.2. The Morgan fingerprint density at radius 2 is 1.90 bits per heavy atom. The summed E-state index contributed by atoms with van der Waals surface area (Å²) in [6.07, 6.45) is 2.02. The second kappa shape index (κ2) is 5.50. The number of hydrogen-bond acceptors (Lipinski definition) is 7. The molecule has 0 unspecified atom stereocenters. The van der Waals surface area contributed by atoms with Crippen LogP contribution in [0.4, 0.5) is 17.3 Å². The molecule has 1 aromatic heterocycles. The molecule has 0 atom stereocenters. The summed E-state index contributed by atoms with van der Waals surface area (Å²) in [7, 11) is -4.03. The predicted molar refractivity (Wildman–Crippen MR) is 75.4 cm³/mol. The first kappa shape index (κ1) is 14.9. The number of hydrogen-bond donors (Lipinski definition) is 2. The van der Waals surface area contributed by atoms with Crippen LogP contribution in [-0.2, 0) is 10.0 Å². The monoisotopic (exact) mass is 329 g/mol. The number of nitro benzene ring substituents is 1. The molecule has 110 valence electrons. The predicted octanol–water partition coefficient (Wildman–Crippen LogP) is 1.42. The fourth-order valence-electron chi connectivity index (χ4n) is 1.37. The molecule has 3 N–H and O–H groups in total. The molecular weight excluding hydrogens is 322 g/mol. The molecule has 2 rings (SSSR count). The van der Waals surface area contributed by atoms with Gasteiger partial charge in [-0.2, -0.15) is 0 Å². The Morgan fingerprint density at radius 1 is 1.29 bits per heavy atom. The first-order valence-electron chi connectivity index (χ1n) is 5.34. The van der Waals surface area contributed by atoms with Gasteiger partial charge in [-0.1, -0.05) is 11.6 Å². The maximum atomic E-state index is 12.1. The summed E-state index contributed by atoms with van der Waals surface area (Å²) in [5, 5.41) is 10.7. The van der Waals surface area contributed by atoms with E-state index in [-0.39, 0.29) is 27.2 Å². The Hall–Kier alpha value is -2.46. The van der Waals surface area contributed by atoms with Crippen molar-refractivity contribution in [2.24, 2.45) is 0 Å². The van der Waals surface area contributed by atoms with Gasteiger partial charge in [-0.3, -0.25) is 14.8 Å². The van der Waals surface area contributed by atoms with Crippen molar-refractivity contribution < 1.29 is 13.3 Å². The van der Waals surface area contributed by atoms with E-state index in [0.717, 1.165) is 24.5 Å². The first-order chi connectivity index (χ1) is 9.79. The average Bonchev–Trinajstić information content (AvgIpc) is 2.41. The van der Waals surface area contributed by atoms with Crippen molar-refractivity contribution in [3.8, 4) is 0 Å². The third kappa shape index (κ3) is 3.35. The Morgan fingerprint density at radius 3 is 2.48 bits per heavy atom. The molecule has 0 fully saturated rings. The van der Waals surface area contributed by atoms with Crippen molar-refractivity contribution in [1.29, 1.82) is 0 Å². The van der Waals surface area contributed by atoms with Crippen molar-refractivity contribution in [3.63, 3.8) is 0 Å². The van der Waals surface area contributed by atoms with Crippen LogP contribution in [0.25, 0.3) is 0 Å². The lowest BCUT2D eigenvalue weighted by Gasteiger charge is -2.09. The topological polar surface area (TPSA) is 141 Å². The molecule has 11 heteroatoms. The highest BCUT2D eigenvalue weighted by Crippen LogP contribution is 2.28. The molecule has 0 saturated heterocycles. The van der Waals surface area contributed by atoms with Crippen LogP contribution in [0, 0.1) is 10.1 Å². The Kier molecular flexibility index (Phi) is 3.91. The number of rotatable bonds is 4. The summed E-state index contributed by atoms with van der Waals surface area (Å²) < 4.78 is 26.3. The van der Waals surface area contributed by atoms with Crippen LogP contribution in [0.2, 0.25) is 5.02 Å². The summed E-state index contributed by atoms with van der Waals surface area (Å²) in [6, 6.07) is 3.39. The molecule has 0 spiro atoms. The van der Waals surface area contributed by atoms with Gasteiger partial charge in [0.1, 0.15) is 4.90 Å². The maximum Gasteiger partial charge on any atom is 0.271 e. The fraction of sp³-hybridized carbons (Fsp3) is 0. The molecule has 1 aromatic carbocycles. The fourth-order valence-corrected chi connectivity index (χ4v) is 2.55. The van der Waals surface area contributed by atoms with Gasteiger partial charge in [-0.05, 0) is 6.07 Å². The highest BCUT2D eigenvalue weighted by atomic mass is 35.5. The van der Waals surface area contributed by atoms with Gasteiger partial charge < -0.3 is 5.73 Å². The van der Waals surface area contributed by atoms with Crippen LogP contribution >= 0.6 is 11.6 Å². The number of anilines is 2. The summed E-state index contributed by atoms with van der Waals surface area (Å²) in [5.41, 5.74) is 4.84. The average molecular weight is 330 g/mol. The molecular formula is C10H8ClN5O4S. The molecule has 0 bridgehead atoms. The van der Waals surface area contributed by atoms with Gasteiger partial charge in [-0.25, -0.2) is 18.4 Å². The largest absolute Gasteiger partial charge is 0.368 e. The Labute approximate surface area is 124 Å². The van der Waals surface area contributed by atoms with E-state index >= 15 is 0 Å². The van der Waals surface area contributed by atoms with Crippen LogP contribution in [0.3, 0.4) is 0 Å². The molecule has 0 aliphatic carbocycles. The van der Waals surface area contributed by atoms with E-state index in [9.17, 15) is 18.5 Å². The highest BCUT2D eigenvalue weighted by molar-refractivity contribution is 7.92. The van der Waals surface area contributed by atoms with Gasteiger partial charge >= 0.3 is 0 Å². The van der Waals surface area contributed by atoms with Crippen LogP contribution in [0.15, 0.2) is 35.5 Å². The molecule has 0 saturated carbocycles. The standard InChI is InChI=1S/C10H8ClN5O4S/c11-8-2-1-6(16(17)18)3-9(8)15-21(19,20)7-4-13-10(12)14-5-7/h1-5,15H,(H2,12,13,14). The van der Waals surface area contributed by atoms with Crippen molar-refractivity contribution in [3.05, 3.63) is 45.7 Å². The number of nitrogens with two attached hydrogens (primary N) is 1. The van der Waals surface area contributed by atoms with E-state index < -0.39 is 14.9 Å². The maximum absolute atomic E-state index is 12.1. The molecule has 21 heavy (non-hydrogen) atoms. The quantitative estimate of drug-likeness (QED) is 0.638. The number of nitrogen functional groups attached to an aromatic ring is 1. The molecule has 0 aliphatic rings. The SMILES string of the molecule is Nc1ncc(S(=O)(=O)Nc2cc([N+](=O)[O-])ccc2Cl)cn1. The summed E-state index contributed by atoms with van der Waals surface area (Å²) in [6.45, 7) is 0. The zero-order chi connectivity index (χ0) is 15.6. The lowest BCUT2D eigenvalue weighted by molar-refractivity contribution is -0.384. The van der Waals surface area contributed by atoms with Gasteiger partial charge in [0.2, 0.25) is 5.95 Å². The summed E-state index contributed by atoms with van der Waals surface area (Å²) in [4.78, 5) is 16.9. The van der Waals surface area contributed by atoms with Crippen LogP contribution in [0.5, 0.6) is 0 Å². The van der Waals surface area contributed by atoms with Gasteiger partial charge in [-0.15, -0.1) is 0 Å². The molecule has 0 aliphatic heterocycles. The number of non-ortho nitro benzene ring substituents is 1. The van der Waals surface area contributed by atoms with Crippen molar-refractivity contribution >= 4 is 38.9 Å². The lowest BCUT2D eigenvalue weighted by atomic mass is 10.3. The smallest absolute Gasteiger partial charge is 0.271 e. The number of halogens is 1. The zero-order valence-corrected chi connectivity index (χ0v) is 11.8. The van der Waals surface area contributed by atoms with Gasteiger partial charge in [0.05, 0.1) is 28.0 Å². The van der Waals surface area contributed by atoms with Gasteiger partial charge in [0.15, 0.2) is 0 Å². The minimum atomic E-state index is -4.03. The second-order valence-corrected chi connectivity index (χ2v) is 5.89. The van der Waals surface area contributed by atoms with Gasteiger partial charge in [0.25, 0.3) is 15.7 Å². The number of nitrogens with one attached hydrogen (secondary N) is 1. The number of aromatic nitrogens is 2. The number of nitrogens with zero attached hydrogens (tertiary/aromatic N) is 3. The van der Waals surface area contributed by atoms with E-state index in [4.69, 9.17) is 17.3 Å². The molecule has 0 amide bonds. The highest BCUT2D eigenvalue weighted by Gasteiger charge is 2.19. The van der Waals surface area contributed by atoms with Gasteiger partial charge in [0, 0.05) is 12.1 Å². The third-order valence-corrected chi connectivity index (χ3v) is 4.01. The van der Waals surface area contributed by atoms with Crippen LogP contribution < -0.4 is 10.5 Å². The molecule has 0 radical (unpaired) electrons. The number of sulfonamides is 1. The molecule has 9 nitrogen and oxygen atoms in total. The van der Waals surface area contributed by atoms with Crippen molar-refractivity contribution in [2.75, 3.05) is 10.5 Å². The van der Waals surface area contributed by atoms with E-state index in [1.807, 2.05) is 0 Å². The Balaban J connectivity index is 2.38. The number of benzene rings is 1. The van der Waals surface area contributed by atoms with E-state index in [1.165, 1.54) is 6.07 Å². The Bertz CT molecular complexity index is 794. The molecule has 2 aromatic rings. The van der Waals surface area contributed by atoms with E-state index in [1.54, 1.807) is 0 Å². The normalized spacial score (nSPS) is 11.1. The van der Waals surface area contributed by atoms with E-state index in [0.29, 0.717) is 0 Å². The third-order valence-electron chi connectivity index (χ3n) is 2.36. The first-order valence-corrected chi connectivity index (χ1v) is 7.20. The minimum Gasteiger partial charge on any atom is -0.368 e. The lowest BCUT2D eigenvalue weighted by Crippen LogP contribution is -2.14. The van der Waals surface area contributed by atoms with E-state index in [2.05, 4.69) is 14.7 Å². The van der Waals surface area contributed by atoms with Crippen LogP contribution in [0.1, 0.15) is 0 Å². The number of nitro groups is 1. The van der Waals surface area contributed by atoms with Crippen LogP contribution in [-0.4, -0.2) is 23.3 Å². The van der Waals surface area contributed by atoms with Crippen molar-refractivity contribution in [1.82, 2.24) is 9.97 Å².